The lowest BCUT2D eigenvalue weighted by atomic mass is 9.77. The number of hydrogen-bond acceptors (Lipinski definition) is 4. The predicted octanol–water partition coefficient (Wildman–Crippen LogP) is 2.78. The van der Waals surface area contributed by atoms with Crippen molar-refractivity contribution < 1.29 is 18.3 Å². The standard InChI is InChI=1S/C16H12F2N2O2/c17-8-4-5-9(11(18)6-8)14-10(7-19)16(20)22-13-3-1-2-12(21)15(13)14/h4-6,14H,1-3,20H2. The van der Waals surface area contributed by atoms with Gasteiger partial charge in [0.1, 0.15) is 29.0 Å². The van der Waals surface area contributed by atoms with Gasteiger partial charge >= 0.3 is 0 Å². The molecule has 0 saturated heterocycles. The summed E-state index contributed by atoms with van der Waals surface area (Å²) >= 11 is 0. The molecule has 22 heavy (non-hydrogen) atoms. The van der Waals surface area contributed by atoms with Crippen LogP contribution in [0.3, 0.4) is 0 Å². The van der Waals surface area contributed by atoms with Gasteiger partial charge in [0.25, 0.3) is 0 Å². The molecule has 0 aromatic heterocycles. The Morgan fingerprint density at radius 2 is 2.09 bits per heavy atom. The molecule has 1 heterocycles. The fourth-order valence-electron chi connectivity index (χ4n) is 2.90. The van der Waals surface area contributed by atoms with Gasteiger partial charge in [-0.1, -0.05) is 6.07 Å². The second-order valence-electron chi connectivity index (χ2n) is 5.20. The number of ketones is 1. The van der Waals surface area contributed by atoms with Gasteiger partial charge in [0.05, 0.1) is 5.92 Å². The van der Waals surface area contributed by atoms with Crippen molar-refractivity contribution in [3.8, 4) is 6.07 Å². The summed E-state index contributed by atoms with van der Waals surface area (Å²) < 4.78 is 32.7. The van der Waals surface area contributed by atoms with Crippen LogP contribution >= 0.6 is 0 Å². The van der Waals surface area contributed by atoms with Gasteiger partial charge < -0.3 is 10.5 Å². The van der Waals surface area contributed by atoms with Crippen molar-refractivity contribution in [2.24, 2.45) is 5.73 Å². The molecule has 0 spiro atoms. The lowest BCUT2D eigenvalue weighted by Crippen LogP contribution is -2.27. The molecule has 0 saturated carbocycles. The van der Waals surface area contributed by atoms with E-state index in [1.165, 1.54) is 6.07 Å². The first-order valence-electron chi connectivity index (χ1n) is 6.81. The number of nitrogens with zero attached hydrogens (tertiary/aromatic N) is 1. The zero-order valence-corrected chi connectivity index (χ0v) is 11.5. The number of benzene rings is 1. The Morgan fingerprint density at radius 1 is 1.32 bits per heavy atom. The van der Waals surface area contributed by atoms with Gasteiger partial charge in [0, 0.05) is 30.0 Å². The summed E-state index contributed by atoms with van der Waals surface area (Å²) in [5, 5.41) is 9.32. The van der Waals surface area contributed by atoms with E-state index in [2.05, 4.69) is 0 Å². The average Bonchev–Trinajstić information content (AvgIpc) is 2.46. The second-order valence-corrected chi connectivity index (χ2v) is 5.20. The lowest BCUT2D eigenvalue weighted by molar-refractivity contribution is -0.116. The van der Waals surface area contributed by atoms with Crippen molar-refractivity contribution in [3.63, 3.8) is 0 Å². The third kappa shape index (κ3) is 2.15. The smallest absolute Gasteiger partial charge is 0.205 e. The van der Waals surface area contributed by atoms with Crippen molar-refractivity contribution >= 4 is 5.78 Å². The quantitative estimate of drug-likeness (QED) is 0.865. The Balaban J connectivity index is 2.22. The number of rotatable bonds is 1. The van der Waals surface area contributed by atoms with Crippen molar-refractivity contribution in [3.05, 3.63) is 58.2 Å². The van der Waals surface area contributed by atoms with Crippen LogP contribution in [0.15, 0.2) is 41.0 Å². The molecule has 1 atom stereocenters. The number of hydrogen-bond donors (Lipinski definition) is 1. The third-order valence-corrected chi connectivity index (χ3v) is 3.88. The van der Waals surface area contributed by atoms with Crippen molar-refractivity contribution in [2.75, 3.05) is 0 Å². The van der Waals surface area contributed by atoms with Crippen LogP contribution in [0.2, 0.25) is 0 Å². The SMILES string of the molecule is N#CC1=C(N)OC2=C(C(=O)CCC2)C1c1ccc(F)cc1F. The van der Waals surface area contributed by atoms with E-state index in [1.54, 1.807) is 0 Å². The molecule has 4 nitrogen and oxygen atoms in total. The highest BCUT2D eigenvalue weighted by molar-refractivity contribution is 5.99. The Hall–Kier alpha value is -2.68. The van der Waals surface area contributed by atoms with E-state index in [0.29, 0.717) is 25.0 Å². The molecular formula is C16H12F2N2O2. The van der Waals surface area contributed by atoms with Crippen LogP contribution in [-0.4, -0.2) is 5.78 Å². The summed E-state index contributed by atoms with van der Waals surface area (Å²) in [6.45, 7) is 0. The third-order valence-electron chi connectivity index (χ3n) is 3.88. The Morgan fingerprint density at radius 3 is 2.77 bits per heavy atom. The summed E-state index contributed by atoms with van der Waals surface area (Å²) in [5.41, 5.74) is 6.01. The lowest BCUT2D eigenvalue weighted by Gasteiger charge is -2.31. The minimum absolute atomic E-state index is 0.0282. The van der Waals surface area contributed by atoms with Crippen LogP contribution in [-0.2, 0) is 9.53 Å². The average molecular weight is 302 g/mol. The Kier molecular flexibility index (Phi) is 3.41. The molecule has 0 fully saturated rings. The number of carbonyl (C=O) groups excluding carboxylic acids is 1. The molecule has 1 unspecified atom stereocenters. The van der Waals surface area contributed by atoms with E-state index in [-0.39, 0.29) is 28.4 Å². The number of Topliss-reactive ketones (excluding diaryl/α,β-unsaturated/α-hetero) is 1. The van der Waals surface area contributed by atoms with Crippen LogP contribution < -0.4 is 5.73 Å². The molecule has 2 aliphatic rings. The summed E-state index contributed by atoms with van der Waals surface area (Å²) in [6.07, 6.45) is 1.42. The normalized spacial score (nSPS) is 21.3. The highest BCUT2D eigenvalue weighted by Crippen LogP contribution is 2.43. The molecule has 0 bridgehead atoms. The number of allylic oxidation sites excluding steroid dienone is 3. The van der Waals surface area contributed by atoms with Gasteiger partial charge in [-0.25, -0.2) is 8.78 Å². The molecule has 1 aromatic carbocycles. The maximum Gasteiger partial charge on any atom is 0.205 e. The minimum Gasteiger partial charge on any atom is -0.444 e. The molecular weight excluding hydrogens is 290 g/mol. The molecule has 1 aliphatic carbocycles. The molecule has 2 N–H and O–H groups in total. The van der Waals surface area contributed by atoms with Gasteiger partial charge in [0.15, 0.2) is 5.78 Å². The van der Waals surface area contributed by atoms with Crippen LogP contribution in [0, 0.1) is 23.0 Å². The van der Waals surface area contributed by atoms with Crippen LogP contribution in [0.25, 0.3) is 0 Å². The van der Waals surface area contributed by atoms with Crippen molar-refractivity contribution in [2.45, 2.75) is 25.2 Å². The zero-order chi connectivity index (χ0) is 15.9. The van der Waals surface area contributed by atoms with Crippen LogP contribution in [0.1, 0.15) is 30.7 Å². The maximum atomic E-state index is 14.2. The van der Waals surface area contributed by atoms with E-state index < -0.39 is 17.6 Å². The minimum atomic E-state index is -0.942. The molecule has 112 valence electrons. The fourth-order valence-corrected chi connectivity index (χ4v) is 2.90. The van der Waals surface area contributed by atoms with Gasteiger partial charge in [-0.3, -0.25) is 4.79 Å². The Bertz CT molecular complexity index is 775. The topological polar surface area (TPSA) is 76.1 Å². The highest BCUT2D eigenvalue weighted by Gasteiger charge is 2.39. The second kappa shape index (κ2) is 5.26. The first kappa shape index (κ1) is 14.3. The van der Waals surface area contributed by atoms with E-state index in [9.17, 15) is 18.8 Å². The zero-order valence-electron chi connectivity index (χ0n) is 11.5. The first-order chi connectivity index (χ1) is 10.5. The van der Waals surface area contributed by atoms with E-state index in [1.807, 2.05) is 6.07 Å². The van der Waals surface area contributed by atoms with E-state index in [4.69, 9.17) is 10.5 Å². The molecule has 0 amide bonds. The number of halogens is 2. The molecule has 0 radical (unpaired) electrons. The molecule has 1 aliphatic heterocycles. The summed E-state index contributed by atoms with van der Waals surface area (Å²) in [6, 6.07) is 4.93. The first-order valence-corrected chi connectivity index (χ1v) is 6.81. The summed E-state index contributed by atoms with van der Waals surface area (Å²) in [5.74, 6) is -2.45. The Labute approximate surface area is 125 Å². The largest absolute Gasteiger partial charge is 0.444 e. The van der Waals surface area contributed by atoms with Crippen LogP contribution in [0.5, 0.6) is 0 Å². The molecule has 6 heteroatoms. The number of carbonyl (C=O) groups is 1. The van der Waals surface area contributed by atoms with Crippen molar-refractivity contribution in [1.29, 1.82) is 5.26 Å². The highest BCUT2D eigenvalue weighted by atomic mass is 19.1. The summed E-state index contributed by atoms with van der Waals surface area (Å²) in [7, 11) is 0. The fraction of sp³-hybridized carbons (Fsp3) is 0.250. The van der Waals surface area contributed by atoms with Gasteiger partial charge in [-0.15, -0.1) is 0 Å². The molecule has 3 rings (SSSR count). The van der Waals surface area contributed by atoms with Gasteiger partial charge in [-0.2, -0.15) is 5.26 Å². The monoisotopic (exact) mass is 302 g/mol. The number of ether oxygens (including phenoxy) is 1. The van der Waals surface area contributed by atoms with Gasteiger partial charge in [0.2, 0.25) is 5.88 Å². The summed E-state index contributed by atoms with van der Waals surface area (Å²) in [4.78, 5) is 12.3. The predicted molar refractivity (Wildman–Crippen MR) is 72.9 cm³/mol. The maximum absolute atomic E-state index is 14.2. The van der Waals surface area contributed by atoms with Gasteiger partial charge in [-0.05, 0) is 12.5 Å². The molecule has 1 aromatic rings. The van der Waals surface area contributed by atoms with Crippen molar-refractivity contribution in [1.82, 2.24) is 0 Å². The van der Waals surface area contributed by atoms with E-state index in [0.717, 1.165) is 12.1 Å². The van der Waals surface area contributed by atoms with Crippen LogP contribution in [0.4, 0.5) is 8.78 Å². The van der Waals surface area contributed by atoms with E-state index >= 15 is 0 Å². The number of nitriles is 1. The number of nitrogens with two attached hydrogens (primary N) is 1.